The van der Waals surface area contributed by atoms with E-state index in [4.69, 9.17) is 18.9 Å². The van der Waals surface area contributed by atoms with Crippen LogP contribution in [-0.4, -0.2) is 33.7 Å². The smallest absolute Gasteiger partial charge is 0.231 e. The lowest BCUT2D eigenvalue weighted by molar-refractivity contribution is 0.173. The second-order valence-corrected chi connectivity index (χ2v) is 5.24. The molecule has 5 nitrogen and oxygen atoms in total. The third kappa shape index (κ3) is 3.35. The Balaban J connectivity index is 1.67. The molecule has 5 heteroatoms. The minimum Gasteiger partial charge on any atom is -0.493 e. The van der Waals surface area contributed by atoms with Crippen molar-refractivity contribution in [1.82, 2.24) is 5.32 Å². The van der Waals surface area contributed by atoms with Crippen molar-refractivity contribution >= 4 is 0 Å². The number of nitrogens with one attached hydrogen (secondary N) is 1. The van der Waals surface area contributed by atoms with Crippen LogP contribution in [0.5, 0.6) is 17.2 Å². The van der Waals surface area contributed by atoms with E-state index >= 15 is 0 Å². The maximum atomic E-state index is 5.94. The minimum absolute atomic E-state index is 0.290. The number of methoxy groups -OCH3 is 1. The predicted octanol–water partition coefficient (Wildman–Crippen LogP) is 1.94. The number of fused-ring (bicyclic) bond motifs is 1. The van der Waals surface area contributed by atoms with Crippen LogP contribution < -0.4 is 19.5 Å². The van der Waals surface area contributed by atoms with Gasteiger partial charge < -0.3 is 24.3 Å². The fourth-order valence-corrected chi connectivity index (χ4v) is 2.13. The summed E-state index contributed by atoms with van der Waals surface area (Å²) in [6.45, 7) is 3.33. The Bertz CT molecular complexity index is 459. The van der Waals surface area contributed by atoms with Gasteiger partial charge in [0.1, 0.15) is 5.75 Å². The summed E-state index contributed by atoms with van der Waals surface area (Å²) in [4.78, 5) is 0. The largest absolute Gasteiger partial charge is 0.493 e. The maximum absolute atomic E-state index is 5.94. The lowest BCUT2D eigenvalue weighted by Gasteiger charge is -2.13. The molecule has 1 fully saturated rings. The van der Waals surface area contributed by atoms with Crippen LogP contribution >= 0.6 is 0 Å². The van der Waals surface area contributed by atoms with Gasteiger partial charge in [0.25, 0.3) is 0 Å². The van der Waals surface area contributed by atoms with Crippen LogP contribution in [0.3, 0.4) is 0 Å². The quantitative estimate of drug-likeness (QED) is 0.737. The number of benzene rings is 1. The first-order chi connectivity index (χ1) is 9.86. The molecule has 0 bridgehead atoms. The molecular formula is C15H21NO4. The van der Waals surface area contributed by atoms with Crippen molar-refractivity contribution < 1.29 is 18.9 Å². The molecule has 0 spiro atoms. The van der Waals surface area contributed by atoms with Crippen molar-refractivity contribution in [1.29, 1.82) is 0 Å². The average Bonchev–Trinajstić information content (AvgIpc) is 3.18. The summed E-state index contributed by atoms with van der Waals surface area (Å²) < 4.78 is 21.8. The SMILES string of the molecule is COCCNCc1cc2c(cc1OCC1CC1)OCO2. The van der Waals surface area contributed by atoms with Crippen molar-refractivity contribution in [2.24, 2.45) is 5.92 Å². The van der Waals surface area contributed by atoms with Crippen molar-refractivity contribution in [2.75, 3.05) is 33.7 Å². The van der Waals surface area contributed by atoms with Crippen LogP contribution in [-0.2, 0) is 11.3 Å². The normalized spacial score (nSPS) is 16.4. The van der Waals surface area contributed by atoms with E-state index < -0.39 is 0 Å². The Hall–Kier alpha value is -1.46. The standard InChI is InChI=1S/C15H21NO4/c1-17-5-4-16-8-12-6-14-15(20-10-19-14)7-13(12)18-9-11-2-3-11/h6-7,11,16H,2-5,8-10H2,1H3. The lowest BCUT2D eigenvalue weighted by Crippen LogP contribution is -2.19. The summed E-state index contributed by atoms with van der Waals surface area (Å²) in [7, 11) is 1.70. The summed E-state index contributed by atoms with van der Waals surface area (Å²) >= 11 is 0. The lowest BCUT2D eigenvalue weighted by atomic mass is 10.1. The molecule has 2 aliphatic rings. The number of hydrogen-bond acceptors (Lipinski definition) is 5. The third-order valence-corrected chi connectivity index (χ3v) is 3.53. The average molecular weight is 279 g/mol. The highest BCUT2D eigenvalue weighted by Gasteiger charge is 2.23. The molecule has 1 aromatic rings. The summed E-state index contributed by atoms with van der Waals surface area (Å²) in [5.74, 6) is 3.20. The van der Waals surface area contributed by atoms with Crippen molar-refractivity contribution in [3.05, 3.63) is 17.7 Å². The number of rotatable bonds is 8. The van der Waals surface area contributed by atoms with Gasteiger partial charge in [0.05, 0.1) is 13.2 Å². The van der Waals surface area contributed by atoms with Crippen molar-refractivity contribution in [3.8, 4) is 17.2 Å². The van der Waals surface area contributed by atoms with Gasteiger partial charge in [-0.3, -0.25) is 0 Å². The Kier molecular flexibility index (Phi) is 4.28. The fraction of sp³-hybridized carbons (Fsp3) is 0.600. The minimum atomic E-state index is 0.290. The van der Waals surface area contributed by atoms with Crippen LogP contribution in [0.25, 0.3) is 0 Å². The number of ether oxygens (including phenoxy) is 4. The van der Waals surface area contributed by atoms with E-state index in [0.29, 0.717) is 6.61 Å². The summed E-state index contributed by atoms with van der Waals surface area (Å²) in [6.07, 6.45) is 2.57. The van der Waals surface area contributed by atoms with Crippen LogP contribution in [0.2, 0.25) is 0 Å². The second kappa shape index (κ2) is 6.33. The summed E-state index contributed by atoms with van der Waals surface area (Å²) in [5.41, 5.74) is 1.10. The van der Waals surface area contributed by atoms with Gasteiger partial charge in [-0.1, -0.05) is 0 Å². The monoisotopic (exact) mass is 279 g/mol. The zero-order chi connectivity index (χ0) is 13.8. The molecule has 0 radical (unpaired) electrons. The van der Waals surface area contributed by atoms with E-state index in [-0.39, 0.29) is 6.79 Å². The molecular weight excluding hydrogens is 258 g/mol. The topological polar surface area (TPSA) is 49.0 Å². The molecule has 0 atom stereocenters. The highest BCUT2D eigenvalue weighted by atomic mass is 16.7. The van der Waals surface area contributed by atoms with E-state index in [9.17, 15) is 0 Å². The highest BCUT2D eigenvalue weighted by molar-refractivity contribution is 5.51. The molecule has 0 amide bonds. The van der Waals surface area contributed by atoms with Gasteiger partial charge in [0.2, 0.25) is 6.79 Å². The van der Waals surface area contributed by atoms with Crippen LogP contribution in [0.4, 0.5) is 0 Å². The molecule has 1 aliphatic heterocycles. The van der Waals surface area contributed by atoms with Crippen molar-refractivity contribution in [3.63, 3.8) is 0 Å². The van der Waals surface area contributed by atoms with Gasteiger partial charge in [0.15, 0.2) is 11.5 Å². The molecule has 0 aromatic heterocycles. The van der Waals surface area contributed by atoms with E-state index in [0.717, 1.165) is 48.4 Å². The Morgan fingerprint density at radius 1 is 1.25 bits per heavy atom. The molecule has 20 heavy (non-hydrogen) atoms. The Morgan fingerprint density at radius 2 is 2.05 bits per heavy atom. The maximum Gasteiger partial charge on any atom is 0.231 e. The zero-order valence-corrected chi connectivity index (χ0v) is 11.8. The number of hydrogen-bond donors (Lipinski definition) is 1. The molecule has 1 saturated carbocycles. The molecule has 110 valence electrons. The van der Waals surface area contributed by atoms with Gasteiger partial charge in [-0.05, 0) is 24.8 Å². The van der Waals surface area contributed by atoms with Crippen LogP contribution in [0, 0.1) is 5.92 Å². The Labute approximate surface area is 119 Å². The van der Waals surface area contributed by atoms with E-state index in [1.807, 2.05) is 12.1 Å². The molecule has 1 heterocycles. The molecule has 1 N–H and O–H groups in total. The van der Waals surface area contributed by atoms with E-state index in [1.165, 1.54) is 12.8 Å². The molecule has 3 rings (SSSR count). The first-order valence-electron chi connectivity index (χ1n) is 7.12. The van der Waals surface area contributed by atoms with Gasteiger partial charge in [-0.2, -0.15) is 0 Å². The molecule has 1 aromatic carbocycles. The Morgan fingerprint density at radius 3 is 2.80 bits per heavy atom. The molecule has 1 aliphatic carbocycles. The van der Waals surface area contributed by atoms with Gasteiger partial charge in [-0.15, -0.1) is 0 Å². The second-order valence-electron chi connectivity index (χ2n) is 5.24. The first kappa shape index (κ1) is 13.5. The van der Waals surface area contributed by atoms with Gasteiger partial charge in [0, 0.05) is 31.8 Å². The fourth-order valence-electron chi connectivity index (χ4n) is 2.13. The zero-order valence-electron chi connectivity index (χ0n) is 11.8. The highest BCUT2D eigenvalue weighted by Crippen LogP contribution is 2.39. The van der Waals surface area contributed by atoms with Gasteiger partial charge in [-0.25, -0.2) is 0 Å². The van der Waals surface area contributed by atoms with E-state index in [1.54, 1.807) is 7.11 Å². The van der Waals surface area contributed by atoms with Crippen molar-refractivity contribution in [2.45, 2.75) is 19.4 Å². The summed E-state index contributed by atoms with van der Waals surface area (Å²) in [6, 6.07) is 3.95. The summed E-state index contributed by atoms with van der Waals surface area (Å²) in [5, 5.41) is 3.34. The van der Waals surface area contributed by atoms with Gasteiger partial charge >= 0.3 is 0 Å². The first-order valence-corrected chi connectivity index (χ1v) is 7.12. The molecule has 0 unspecified atom stereocenters. The van der Waals surface area contributed by atoms with E-state index in [2.05, 4.69) is 5.32 Å². The predicted molar refractivity (Wildman–Crippen MR) is 74.4 cm³/mol. The molecule has 0 saturated heterocycles. The van der Waals surface area contributed by atoms with Crippen LogP contribution in [0.1, 0.15) is 18.4 Å². The van der Waals surface area contributed by atoms with Crippen LogP contribution in [0.15, 0.2) is 12.1 Å². The third-order valence-electron chi connectivity index (χ3n) is 3.53.